The Morgan fingerprint density at radius 1 is 1.04 bits per heavy atom. The van der Waals surface area contributed by atoms with Crippen LogP contribution in [0.4, 0.5) is 5.13 Å². The smallest absolute Gasteiger partial charge is 0.257 e. The van der Waals surface area contributed by atoms with Crippen molar-refractivity contribution in [1.82, 2.24) is 10.3 Å². The topological polar surface area (TPSA) is 71.1 Å². The maximum Gasteiger partial charge on any atom is 0.257 e. The van der Waals surface area contributed by atoms with E-state index < -0.39 is 0 Å². The molecule has 1 aromatic heterocycles. The number of thiazole rings is 1. The van der Waals surface area contributed by atoms with E-state index in [9.17, 15) is 9.59 Å². The van der Waals surface area contributed by atoms with Crippen LogP contribution >= 0.6 is 11.3 Å². The average Bonchev–Trinajstić information content (AvgIpc) is 3.48. The molecule has 1 aliphatic carbocycles. The molecule has 2 N–H and O–H groups in total. The fourth-order valence-electron chi connectivity index (χ4n) is 3.16. The summed E-state index contributed by atoms with van der Waals surface area (Å²) in [6.07, 6.45) is 2.49. The van der Waals surface area contributed by atoms with Gasteiger partial charge in [0.1, 0.15) is 0 Å². The van der Waals surface area contributed by atoms with E-state index in [1.165, 1.54) is 11.3 Å². The molecular weight excluding hydrogens is 370 g/mol. The SMILES string of the molecule is O=C(Cc1csc(NC(=O)c2ccccc2)n1)NC(c1ccccc1)C1CC1. The van der Waals surface area contributed by atoms with Crippen molar-refractivity contribution < 1.29 is 9.59 Å². The number of hydrogen-bond donors (Lipinski definition) is 2. The highest BCUT2D eigenvalue weighted by molar-refractivity contribution is 7.14. The second kappa shape index (κ2) is 8.35. The fourth-order valence-corrected chi connectivity index (χ4v) is 3.86. The monoisotopic (exact) mass is 391 g/mol. The first-order chi connectivity index (χ1) is 13.7. The van der Waals surface area contributed by atoms with Crippen LogP contribution in [0.3, 0.4) is 0 Å². The van der Waals surface area contributed by atoms with Crippen LogP contribution in [0.5, 0.6) is 0 Å². The van der Waals surface area contributed by atoms with Crippen molar-refractivity contribution in [1.29, 1.82) is 0 Å². The molecule has 1 heterocycles. The molecule has 3 aromatic rings. The van der Waals surface area contributed by atoms with E-state index in [4.69, 9.17) is 0 Å². The number of nitrogens with zero attached hydrogens (tertiary/aromatic N) is 1. The predicted molar refractivity (Wildman–Crippen MR) is 110 cm³/mol. The van der Waals surface area contributed by atoms with E-state index in [-0.39, 0.29) is 24.3 Å². The summed E-state index contributed by atoms with van der Waals surface area (Å²) in [4.78, 5) is 29.1. The van der Waals surface area contributed by atoms with Crippen LogP contribution in [0.15, 0.2) is 66.0 Å². The summed E-state index contributed by atoms with van der Waals surface area (Å²) in [5.41, 5.74) is 2.38. The molecule has 1 fully saturated rings. The molecule has 142 valence electrons. The van der Waals surface area contributed by atoms with E-state index in [1.807, 2.05) is 41.8 Å². The molecule has 1 atom stereocenters. The molecule has 1 aliphatic rings. The van der Waals surface area contributed by atoms with E-state index in [0.717, 1.165) is 18.4 Å². The summed E-state index contributed by atoms with van der Waals surface area (Å²) < 4.78 is 0. The van der Waals surface area contributed by atoms with E-state index >= 15 is 0 Å². The third-order valence-electron chi connectivity index (χ3n) is 4.72. The molecule has 0 bridgehead atoms. The van der Waals surface area contributed by atoms with E-state index in [0.29, 0.717) is 22.3 Å². The van der Waals surface area contributed by atoms with Gasteiger partial charge in [0.25, 0.3) is 5.91 Å². The van der Waals surface area contributed by atoms with Crippen molar-refractivity contribution in [2.24, 2.45) is 5.92 Å². The Labute approximate surface area is 167 Å². The quantitative estimate of drug-likeness (QED) is 0.634. The van der Waals surface area contributed by atoms with Gasteiger partial charge in [0, 0.05) is 10.9 Å². The minimum atomic E-state index is -0.205. The third-order valence-corrected chi connectivity index (χ3v) is 5.52. The number of rotatable bonds is 7. The van der Waals surface area contributed by atoms with Crippen molar-refractivity contribution in [3.8, 4) is 0 Å². The largest absolute Gasteiger partial charge is 0.349 e. The lowest BCUT2D eigenvalue weighted by molar-refractivity contribution is -0.121. The number of hydrogen-bond acceptors (Lipinski definition) is 4. The maximum absolute atomic E-state index is 12.5. The van der Waals surface area contributed by atoms with Gasteiger partial charge in [0.05, 0.1) is 18.2 Å². The van der Waals surface area contributed by atoms with Crippen molar-refractivity contribution in [3.63, 3.8) is 0 Å². The molecule has 0 spiro atoms. The number of benzene rings is 2. The van der Waals surface area contributed by atoms with Crippen LogP contribution in [-0.4, -0.2) is 16.8 Å². The number of aromatic nitrogens is 1. The van der Waals surface area contributed by atoms with Crippen molar-refractivity contribution in [2.45, 2.75) is 25.3 Å². The minimum absolute atomic E-state index is 0.0491. The molecule has 4 rings (SSSR count). The molecule has 0 aliphatic heterocycles. The van der Waals surface area contributed by atoms with Gasteiger partial charge in [-0.2, -0.15) is 0 Å². The van der Waals surface area contributed by atoms with Crippen LogP contribution in [-0.2, 0) is 11.2 Å². The normalized spacial score (nSPS) is 14.3. The Morgan fingerprint density at radius 2 is 1.71 bits per heavy atom. The highest BCUT2D eigenvalue weighted by atomic mass is 32.1. The molecule has 6 heteroatoms. The van der Waals surface area contributed by atoms with Crippen LogP contribution in [0.1, 0.15) is 40.5 Å². The Bertz CT molecular complexity index is 952. The van der Waals surface area contributed by atoms with Gasteiger partial charge in [0.2, 0.25) is 5.91 Å². The lowest BCUT2D eigenvalue weighted by Crippen LogP contribution is -2.31. The highest BCUT2D eigenvalue weighted by Gasteiger charge is 2.33. The molecule has 2 aromatic carbocycles. The molecule has 0 radical (unpaired) electrons. The molecule has 2 amide bonds. The minimum Gasteiger partial charge on any atom is -0.349 e. The van der Waals surface area contributed by atoms with Crippen LogP contribution in [0.25, 0.3) is 0 Å². The zero-order valence-corrected chi connectivity index (χ0v) is 16.1. The molecule has 5 nitrogen and oxygen atoms in total. The Hall–Kier alpha value is -2.99. The Balaban J connectivity index is 1.35. The second-order valence-electron chi connectivity index (χ2n) is 6.93. The van der Waals surface area contributed by atoms with Gasteiger partial charge in [-0.15, -0.1) is 11.3 Å². The standard InChI is InChI=1S/C22H21N3O2S/c26-19(24-20(16-11-12-16)15-7-3-1-4-8-15)13-18-14-28-22(23-18)25-21(27)17-9-5-2-6-10-17/h1-10,14,16,20H,11-13H2,(H,24,26)(H,23,25,27). The first kappa shape index (κ1) is 18.4. The average molecular weight is 391 g/mol. The summed E-state index contributed by atoms with van der Waals surface area (Å²) in [5, 5.41) is 8.25. The fraction of sp³-hybridized carbons (Fsp3) is 0.227. The van der Waals surface area contributed by atoms with Gasteiger partial charge in [-0.05, 0) is 36.5 Å². The second-order valence-corrected chi connectivity index (χ2v) is 7.79. The van der Waals surface area contributed by atoms with Gasteiger partial charge in [-0.3, -0.25) is 14.9 Å². The molecule has 1 unspecified atom stereocenters. The summed E-state index contributed by atoms with van der Waals surface area (Å²) in [6.45, 7) is 0. The highest BCUT2D eigenvalue weighted by Crippen LogP contribution is 2.40. The number of anilines is 1. The van der Waals surface area contributed by atoms with Gasteiger partial charge in [0.15, 0.2) is 5.13 Å². The van der Waals surface area contributed by atoms with Gasteiger partial charge >= 0.3 is 0 Å². The number of nitrogens with one attached hydrogen (secondary N) is 2. The molecule has 28 heavy (non-hydrogen) atoms. The third kappa shape index (κ3) is 4.64. The zero-order valence-electron chi connectivity index (χ0n) is 15.3. The summed E-state index contributed by atoms with van der Waals surface area (Å²) in [7, 11) is 0. The van der Waals surface area contributed by atoms with Crippen molar-refractivity contribution >= 4 is 28.3 Å². The lowest BCUT2D eigenvalue weighted by Gasteiger charge is -2.18. The first-order valence-electron chi connectivity index (χ1n) is 9.34. The van der Waals surface area contributed by atoms with E-state index in [1.54, 1.807) is 12.1 Å². The zero-order chi connectivity index (χ0) is 19.3. The van der Waals surface area contributed by atoms with E-state index in [2.05, 4.69) is 27.8 Å². The Morgan fingerprint density at radius 3 is 2.39 bits per heavy atom. The van der Waals surface area contributed by atoms with Crippen molar-refractivity contribution in [2.75, 3.05) is 5.32 Å². The molecule has 0 saturated heterocycles. The predicted octanol–water partition coefficient (Wildman–Crippen LogP) is 4.21. The first-order valence-corrected chi connectivity index (χ1v) is 10.2. The lowest BCUT2D eigenvalue weighted by atomic mass is 10.0. The Kier molecular flexibility index (Phi) is 5.48. The van der Waals surface area contributed by atoms with Crippen molar-refractivity contribution in [3.05, 3.63) is 82.9 Å². The van der Waals surface area contributed by atoms with Crippen LogP contribution in [0, 0.1) is 5.92 Å². The maximum atomic E-state index is 12.5. The summed E-state index contributed by atoms with van der Waals surface area (Å²) in [6, 6.07) is 19.1. The molecular formula is C22H21N3O2S. The van der Waals surface area contributed by atoms with Crippen LogP contribution in [0.2, 0.25) is 0 Å². The van der Waals surface area contributed by atoms with Gasteiger partial charge in [-0.25, -0.2) is 4.98 Å². The number of carbonyl (C=O) groups is 2. The van der Waals surface area contributed by atoms with Gasteiger partial charge in [-0.1, -0.05) is 48.5 Å². The summed E-state index contributed by atoms with van der Waals surface area (Å²) in [5.74, 6) is 0.262. The number of amides is 2. The molecule has 1 saturated carbocycles. The number of carbonyl (C=O) groups excluding carboxylic acids is 2. The van der Waals surface area contributed by atoms with Crippen LogP contribution < -0.4 is 10.6 Å². The summed E-state index contributed by atoms with van der Waals surface area (Å²) >= 11 is 1.33. The van der Waals surface area contributed by atoms with Gasteiger partial charge < -0.3 is 5.32 Å².